The smallest absolute Gasteiger partial charge is 0.294 e. The molecule has 0 atom stereocenters. The van der Waals surface area contributed by atoms with Crippen LogP contribution in [0.15, 0.2) is 23.1 Å². The average molecular weight is 366 g/mol. The molecule has 3 aliphatic rings. The molecule has 0 saturated heterocycles. The van der Waals surface area contributed by atoms with E-state index in [1.165, 1.54) is 50.7 Å². The van der Waals surface area contributed by atoms with E-state index in [0.717, 1.165) is 25.7 Å². The average Bonchev–Trinajstić information content (AvgIpc) is 3.02. The first-order chi connectivity index (χ1) is 12.0. The molecule has 0 amide bonds. The Labute approximate surface area is 149 Å². The molecule has 25 heavy (non-hydrogen) atoms. The van der Waals surface area contributed by atoms with Gasteiger partial charge in [0.2, 0.25) is 0 Å². The first-order valence-corrected chi connectivity index (χ1v) is 10.9. The number of rotatable bonds is 3. The van der Waals surface area contributed by atoms with Gasteiger partial charge in [-0.2, -0.15) is 8.42 Å². The summed E-state index contributed by atoms with van der Waals surface area (Å²) in [7, 11) is -4.25. The van der Waals surface area contributed by atoms with Crippen LogP contribution < -0.4 is 9.47 Å². The third-order valence-corrected chi connectivity index (χ3v) is 6.95. The molecule has 4 rings (SSSR count). The first-order valence-electron chi connectivity index (χ1n) is 9.48. The van der Waals surface area contributed by atoms with Crippen molar-refractivity contribution in [3.63, 3.8) is 0 Å². The van der Waals surface area contributed by atoms with Gasteiger partial charge >= 0.3 is 0 Å². The lowest BCUT2D eigenvalue weighted by atomic mass is 9.72. The molecule has 2 saturated carbocycles. The fourth-order valence-corrected chi connectivity index (χ4v) is 5.35. The summed E-state index contributed by atoms with van der Waals surface area (Å²) in [6, 6.07) is 4.40. The lowest BCUT2D eigenvalue weighted by Crippen LogP contribution is -2.53. The van der Waals surface area contributed by atoms with Crippen LogP contribution in [-0.2, 0) is 10.1 Å². The lowest BCUT2D eigenvalue weighted by Gasteiger charge is -2.44. The predicted octanol–water partition coefficient (Wildman–Crippen LogP) is 4.56. The minimum absolute atomic E-state index is 0.141. The summed E-state index contributed by atoms with van der Waals surface area (Å²) in [4.78, 5) is -0.141. The SMILES string of the molecule is O=S(=O)(O)c1ccc2c(c1)OC(C1CCCCC1)(C1CCCCC1)O2. The van der Waals surface area contributed by atoms with Crippen LogP contribution in [0.25, 0.3) is 0 Å². The number of fused-ring (bicyclic) bond motifs is 1. The highest BCUT2D eigenvalue weighted by Gasteiger charge is 2.54. The van der Waals surface area contributed by atoms with Crippen LogP contribution in [0.4, 0.5) is 0 Å². The second-order valence-corrected chi connectivity index (χ2v) is 9.10. The Balaban J connectivity index is 1.69. The minimum atomic E-state index is -4.25. The van der Waals surface area contributed by atoms with E-state index in [-0.39, 0.29) is 4.90 Å². The topological polar surface area (TPSA) is 72.8 Å². The molecule has 5 nitrogen and oxygen atoms in total. The molecule has 2 aliphatic carbocycles. The lowest BCUT2D eigenvalue weighted by molar-refractivity contribution is -0.183. The van der Waals surface area contributed by atoms with Crippen molar-refractivity contribution in [3.8, 4) is 11.5 Å². The fourth-order valence-electron chi connectivity index (χ4n) is 4.85. The van der Waals surface area contributed by atoms with Crippen LogP contribution in [-0.4, -0.2) is 18.8 Å². The van der Waals surface area contributed by atoms with Crippen molar-refractivity contribution in [1.82, 2.24) is 0 Å². The largest absolute Gasteiger partial charge is 0.448 e. The van der Waals surface area contributed by atoms with Gasteiger partial charge in [-0.05, 0) is 37.8 Å². The molecule has 1 aromatic carbocycles. The normalized spacial score (nSPS) is 24.4. The van der Waals surface area contributed by atoms with Crippen molar-refractivity contribution < 1.29 is 22.4 Å². The van der Waals surface area contributed by atoms with Gasteiger partial charge in [0.15, 0.2) is 11.5 Å². The standard InChI is InChI=1S/C19H26O5S/c20-25(21,22)16-11-12-17-18(13-16)24-19(23-17,14-7-3-1-4-8-14)15-9-5-2-6-10-15/h11-15H,1-10H2,(H,20,21,22). The van der Waals surface area contributed by atoms with Crippen molar-refractivity contribution in [2.45, 2.75) is 74.9 Å². The van der Waals surface area contributed by atoms with E-state index in [0.29, 0.717) is 23.3 Å². The van der Waals surface area contributed by atoms with Crippen LogP contribution >= 0.6 is 0 Å². The molecule has 0 radical (unpaired) electrons. The zero-order valence-corrected chi connectivity index (χ0v) is 15.3. The molecule has 0 bridgehead atoms. The van der Waals surface area contributed by atoms with Gasteiger partial charge in [-0.25, -0.2) is 0 Å². The van der Waals surface area contributed by atoms with E-state index >= 15 is 0 Å². The maximum Gasteiger partial charge on any atom is 0.294 e. The molecule has 0 aromatic heterocycles. The molecule has 1 heterocycles. The van der Waals surface area contributed by atoms with Crippen LogP contribution in [0, 0.1) is 11.8 Å². The molecular formula is C19H26O5S. The highest BCUT2D eigenvalue weighted by atomic mass is 32.2. The Morgan fingerprint density at radius 1 is 0.840 bits per heavy atom. The van der Waals surface area contributed by atoms with Crippen LogP contribution in [0.5, 0.6) is 11.5 Å². The maximum absolute atomic E-state index is 11.5. The summed E-state index contributed by atoms with van der Waals surface area (Å²) in [5.41, 5.74) is 0. The molecular weight excluding hydrogens is 340 g/mol. The molecule has 1 aromatic rings. The van der Waals surface area contributed by atoms with Gasteiger partial charge in [0, 0.05) is 17.9 Å². The van der Waals surface area contributed by atoms with Crippen LogP contribution in [0.2, 0.25) is 0 Å². The van der Waals surface area contributed by atoms with E-state index in [4.69, 9.17) is 9.47 Å². The number of benzene rings is 1. The molecule has 2 fully saturated rings. The second-order valence-electron chi connectivity index (χ2n) is 7.68. The summed E-state index contributed by atoms with van der Waals surface area (Å²) < 4.78 is 45.1. The fraction of sp³-hybridized carbons (Fsp3) is 0.684. The molecule has 0 spiro atoms. The third-order valence-electron chi connectivity index (χ3n) is 6.10. The van der Waals surface area contributed by atoms with Gasteiger partial charge in [-0.3, -0.25) is 4.55 Å². The van der Waals surface area contributed by atoms with Crippen molar-refractivity contribution in [3.05, 3.63) is 18.2 Å². The summed E-state index contributed by atoms with van der Waals surface area (Å²) in [5, 5.41) is 0. The Morgan fingerprint density at radius 3 is 1.88 bits per heavy atom. The van der Waals surface area contributed by atoms with Crippen molar-refractivity contribution in [2.75, 3.05) is 0 Å². The van der Waals surface area contributed by atoms with Gasteiger partial charge in [0.05, 0.1) is 4.90 Å². The van der Waals surface area contributed by atoms with E-state index in [9.17, 15) is 13.0 Å². The Bertz CT molecular complexity index is 712. The van der Waals surface area contributed by atoms with Crippen LogP contribution in [0.1, 0.15) is 64.2 Å². The second kappa shape index (κ2) is 6.47. The third kappa shape index (κ3) is 3.14. The summed E-state index contributed by atoms with van der Waals surface area (Å²) in [6.45, 7) is 0. The monoisotopic (exact) mass is 366 g/mol. The van der Waals surface area contributed by atoms with Crippen molar-refractivity contribution in [2.24, 2.45) is 11.8 Å². The Hall–Kier alpha value is -1.27. The summed E-state index contributed by atoms with van der Waals surface area (Å²) in [6.07, 6.45) is 11.7. The first kappa shape index (κ1) is 17.2. The van der Waals surface area contributed by atoms with Gasteiger partial charge in [-0.15, -0.1) is 0 Å². The van der Waals surface area contributed by atoms with Gasteiger partial charge in [-0.1, -0.05) is 38.5 Å². The van der Waals surface area contributed by atoms with Gasteiger partial charge < -0.3 is 9.47 Å². The zero-order chi connectivity index (χ0) is 17.5. The number of hydrogen-bond acceptors (Lipinski definition) is 4. The minimum Gasteiger partial charge on any atom is -0.448 e. The van der Waals surface area contributed by atoms with E-state index in [2.05, 4.69) is 0 Å². The predicted molar refractivity (Wildman–Crippen MR) is 93.4 cm³/mol. The Kier molecular flexibility index (Phi) is 4.44. The highest BCUT2D eigenvalue weighted by Crippen LogP contribution is 2.52. The molecule has 0 unspecified atom stereocenters. The van der Waals surface area contributed by atoms with Gasteiger partial charge in [0.25, 0.3) is 15.9 Å². The summed E-state index contributed by atoms with van der Waals surface area (Å²) in [5.74, 6) is 1.06. The number of ether oxygens (including phenoxy) is 2. The van der Waals surface area contributed by atoms with E-state index in [1.54, 1.807) is 6.07 Å². The highest BCUT2D eigenvalue weighted by molar-refractivity contribution is 7.85. The zero-order valence-electron chi connectivity index (χ0n) is 14.4. The molecule has 6 heteroatoms. The van der Waals surface area contributed by atoms with Gasteiger partial charge in [0.1, 0.15) is 0 Å². The van der Waals surface area contributed by atoms with E-state index in [1.807, 2.05) is 0 Å². The molecule has 138 valence electrons. The molecule has 1 N–H and O–H groups in total. The maximum atomic E-state index is 11.5. The van der Waals surface area contributed by atoms with Crippen molar-refractivity contribution in [1.29, 1.82) is 0 Å². The number of hydrogen-bond donors (Lipinski definition) is 1. The molecule has 1 aliphatic heterocycles. The summed E-state index contributed by atoms with van der Waals surface area (Å²) >= 11 is 0. The van der Waals surface area contributed by atoms with Crippen LogP contribution in [0.3, 0.4) is 0 Å². The quantitative estimate of drug-likeness (QED) is 0.794. The Morgan fingerprint density at radius 2 is 1.36 bits per heavy atom. The van der Waals surface area contributed by atoms with E-state index < -0.39 is 15.9 Å². The van der Waals surface area contributed by atoms with Crippen molar-refractivity contribution >= 4 is 10.1 Å².